The number of nitrogens with two attached hydrogens (primary N) is 3. The second-order valence-corrected chi connectivity index (χ2v) is 19.1. The number of sulfonamides is 2. The molecule has 0 fully saturated rings. The van der Waals surface area contributed by atoms with Gasteiger partial charge in [0.2, 0.25) is 43.7 Å². The lowest BCUT2D eigenvalue weighted by molar-refractivity contribution is -0.141. The summed E-state index contributed by atoms with van der Waals surface area (Å²) in [5.74, 6) is -7.13. The molecule has 2 rings (SSSR count). The summed E-state index contributed by atoms with van der Waals surface area (Å²) in [6, 6.07) is 7.34. The summed E-state index contributed by atoms with van der Waals surface area (Å²) in [6.45, 7) is -1.01. The molecule has 0 bridgehead atoms. The molecule has 2 aromatic rings. The zero-order valence-electron chi connectivity index (χ0n) is 37.7. The van der Waals surface area contributed by atoms with E-state index >= 15 is 0 Å². The highest BCUT2D eigenvalue weighted by Gasteiger charge is 2.27. The monoisotopic (exact) mass is 1030 g/mol. The number of anilines is 1. The molecule has 0 aliphatic rings. The van der Waals surface area contributed by atoms with Gasteiger partial charge in [-0.3, -0.25) is 53.0 Å². The van der Waals surface area contributed by atoms with E-state index in [2.05, 4.69) is 33.9 Å². The fourth-order valence-electron chi connectivity index (χ4n) is 6.08. The number of amides is 4. The molecule has 3 atom stereocenters. The minimum Gasteiger partial charge on any atom is -0.481 e. The fourth-order valence-corrected chi connectivity index (χ4v) is 7.50. The summed E-state index contributed by atoms with van der Waals surface area (Å²) in [7, 11) is -7.97. The number of ketones is 3. The van der Waals surface area contributed by atoms with Crippen LogP contribution in [0.5, 0.6) is 0 Å². The van der Waals surface area contributed by atoms with E-state index in [1.165, 1.54) is 65.3 Å². The lowest BCUT2D eigenvalue weighted by Gasteiger charge is -2.26. The summed E-state index contributed by atoms with van der Waals surface area (Å²) in [5, 5.41) is 38.6. The molecule has 0 spiro atoms. The molecule has 28 heteroatoms. The van der Waals surface area contributed by atoms with Crippen molar-refractivity contribution >= 4 is 91.3 Å². The molecule has 12 N–H and O–H groups in total. The van der Waals surface area contributed by atoms with Gasteiger partial charge >= 0.3 is 11.9 Å². The number of nitrogens with zero attached hydrogens (tertiary/aromatic N) is 2. The Bertz CT molecular complexity index is 2350. The summed E-state index contributed by atoms with van der Waals surface area (Å²) < 4.78 is 51.9. The third kappa shape index (κ3) is 24.4. The Hall–Kier alpha value is -5.72. The van der Waals surface area contributed by atoms with Gasteiger partial charge in [-0.25, -0.2) is 27.1 Å². The number of aliphatic carboxylic acids is 2. The number of rotatable bonds is 34. The molecule has 0 radical (unpaired) electrons. The molecule has 69 heavy (non-hydrogen) atoms. The van der Waals surface area contributed by atoms with E-state index in [1.807, 2.05) is 0 Å². The van der Waals surface area contributed by atoms with E-state index in [9.17, 15) is 70.2 Å². The minimum atomic E-state index is -3.99. The molecule has 0 heterocycles. The summed E-state index contributed by atoms with van der Waals surface area (Å²) in [5.41, 5.74) is 6.50. The highest BCUT2D eigenvalue weighted by molar-refractivity contribution is 7.89. The second-order valence-electron chi connectivity index (χ2n) is 15.6. The van der Waals surface area contributed by atoms with Crippen LogP contribution in [0.4, 0.5) is 5.69 Å². The first-order valence-electron chi connectivity index (χ1n) is 21.0. The first kappa shape index (κ1) is 59.4. The predicted octanol–water partition coefficient (Wildman–Crippen LogP) is -3.17. The average molecular weight is 1030 g/mol. The molecule has 0 unspecified atom stereocenters. The largest absolute Gasteiger partial charge is 0.481 e. The van der Waals surface area contributed by atoms with Crippen LogP contribution in [-0.2, 0) is 74.4 Å². The third-order valence-electron chi connectivity index (χ3n) is 9.78. The quantitative estimate of drug-likeness (QED) is 0.0244. The molecule has 382 valence electrons. The Kier molecular flexibility index (Phi) is 25.3. The molecule has 0 aliphatic heterocycles. The molecule has 0 aromatic heterocycles. The first-order valence-corrected chi connectivity index (χ1v) is 24.7. The van der Waals surface area contributed by atoms with Crippen molar-refractivity contribution in [2.75, 3.05) is 76.6 Å². The van der Waals surface area contributed by atoms with Crippen LogP contribution in [0.25, 0.3) is 0 Å². The number of carbonyl (C=O) groups excluding carboxylic acids is 7. The van der Waals surface area contributed by atoms with Crippen molar-refractivity contribution in [3.05, 3.63) is 54.1 Å². The maximum Gasteiger partial charge on any atom is 0.317 e. The number of nitrogens with one attached hydrogen (secondary N) is 4. The van der Waals surface area contributed by atoms with Gasteiger partial charge in [0.15, 0.2) is 5.78 Å². The van der Waals surface area contributed by atoms with Gasteiger partial charge in [-0.1, -0.05) is 12.1 Å². The topological polar surface area (TPSA) is 404 Å². The second kappa shape index (κ2) is 29.3. The molecule has 0 saturated carbocycles. The first-order chi connectivity index (χ1) is 32.3. The van der Waals surface area contributed by atoms with Crippen LogP contribution in [0.2, 0.25) is 0 Å². The zero-order chi connectivity index (χ0) is 51.9. The molecule has 4 amide bonds. The van der Waals surface area contributed by atoms with Gasteiger partial charge in [0.05, 0.1) is 49.0 Å². The number of benzene rings is 2. The van der Waals surface area contributed by atoms with Gasteiger partial charge in [0, 0.05) is 69.4 Å². The lowest BCUT2D eigenvalue weighted by atomic mass is 10.1. The van der Waals surface area contributed by atoms with Gasteiger partial charge in [0.1, 0.15) is 23.7 Å². The van der Waals surface area contributed by atoms with E-state index in [0.717, 1.165) is 0 Å². The van der Waals surface area contributed by atoms with Crippen molar-refractivity contribution in [3.8, 4) is 0 Å². The number of ether oxygens (including phenoxy) is 1. The summed E-state index contributed by atoms with van der Waals surface area (Å²) in [6.07, 6.45) is -0.950. The number of hydrogen-bond acceptors (Lipinski definition) is 18. The highest BCUT2D eigenvalue weighted by Crippen LogP contribution is 2.14. The molecule has 0 saturated heterocycles. The Morgan fingerprint density at radius 2 is 1.26 bits per heavy atom. The molecule has 25 nitrogen and oxygen atoms in total. The number of primary sulfonamides is 2. The number of thiol groups is 1. The van der Waals surface area contributed by atoms with E-state index in [-0.39, 0.29) is 117 Å². The normalized spacial score (nSPS) is 12.9. The maximum absolute atomic E-state index is 13.2. The van der Waals surface area contributed by atoms with E-state index < -0.39 is 93.1 Å². The van der Waals surface area contributed by atoms with Crippen molar-refractivity contribution in [1.29, 1.82) is 0 Å². The van der Waals surface area contributed by atoms with Crippen LogP contribution in [0.1, 0.15) is 38.2 Å². The Balaban J connectivity index is 1.94. The van der Waals surface area contributed by atoms with E-state index in [1.54, 1.807) is 0 Å². The third-order valence-corrected chi connectivity index (χ3v) is 12.1. The minimum absolute atomic E-state index is 0.0330. The number of carboxylic acids is 2. The molecular weight excluding hydrogens is 971 g/mol. The van der Waals surface area contributed by atoms with Crippen LogP contribution in [0.15, 0.2) is 58.3 Å². The Labute approximate surface area is 404 Å². The molecular formula is C41H59N9O16S3. The van der Waals surface area contributed by atoms with Crippen molar-refractivity contribution in [1.82, 2.24) is 25.8 Å². The number of hydrogen-bond donors (Lipinski definition) is 10. The molecule has 2 aromatic carbocycles. The van der Waals surface area contributed by atoms with Gasteiger partial charge in [-0.15, -0.1) is 0 Å². The lowest BCUT2D eigenvalue weighted by Crippen LogP contribution is -2.55. The van der Waals surface area contributed by atoms with E-state index in [4.69, 9.17) is 20.7 Å². The Morgan fingerprint density at radius 3 is 1.80 bits per heavy atom. The van der Waals surface area contributed by atoms with E-state index in [0.29, 0.717) is 5.56 Å². The Morgan fingerprint density at radius 1 is 0.696 bits per heavy atom. The zero-order valence-corrected chi connectivity index (χ0v) is 40.2. The van der Waals surface area contributed by atoms with Crippen molar-refractivity contribution < 1.29 is 74.9 Å². The number of carboxylic acid groups (broad SMARTS) is 2. The van der Waals surface area contributed by atoms with Crippen LogP contribution >= 0.6 is 12.6 Å². The summed E-state index contributed by atoms with van der Waals surface area (Å²) >= 11 is 4.04. The van der Waals surface area contributed by atoms with Crippen LogP contribution in [0.3, 0.4) is 0 Å². The predicted molar refractivity (Wildman–Crippen MR) is 249 cm³/mol. The number of carbonyl (C=O) groups is 9. The van der Waals surface area contributed by atoms with Gasteiger partial charge in [-0.2, -0.15) is 12.6 Å². The van der Waals surface area contributed by atoms with Gasteiger partial charge in [-0.05, 0) is 55.3 Å². The molecule has 0 aliphatic carbocycles. The van der Waals surface area contributed by atoms with Crippen molar-refractivity contribution in [3.63, 3.8) is 0 Å². The SMILES string of the molecule is CC(=O)[C@@H](CS)CNC(=O)[C@H](CC(=O)O)NC(=O)[C@H](N)CNC(=O)CCOCCCC(=O)CN(CCN(CC(=O)O)CC(=O)Nc1ccc(S(N)(=O)=O)cc1)CC(=O)Cc1ccc(S(N)(=O)=O)cc1. The highest BCUT2D eigenvalue weighted by atomic mass is 32.2. The smallest absolute Gasteiger partial charge is 0.317 e. The van der Waals surface area contributed by atoms with Gasteiger partial charge in [0.25, 0.3) is 0 Å². The summed E-state index contributed by atoms with van der Waals surface area (Å²) in [4.78, 5) is 114. The van der Waals surface area contributed by atoms with Crippen LogP contribution in [0, 0.1) is 5.92 Å². The maximum atomic E-state index is 13.2. The van der Waals surface area contributed by atoms with Crippen LogP contribution in [-0.4, -0.2) is 173 Å². The van der Waals surface area contributed by atoms with Crippen molar-refractivity contribution in [2.45, 2.75) is 60.9 Å². The van der Waals surface area contributed by atoms with Crippen LogP contribution < -0.4 is 37.3 Å². The number of Topliss-reactive ketones (excluding diaryl/α,β-unsaturated/α-hetero) is 3. The average Bonchev–Trinajstić information content (AvgIpc) is 3.24. The fraction of sp³-hybridized carbons (Fsp3) is 0.488. The van der Waals surface area contributed by atoms with Gasteiger partial charge < -0.3 is 42.0 Å². The standard InChI is InChI=1S/C41H59N9O16S3/c1-26(51)28(25-67)19-46-41(61)35(18-38(56)57)48-40(60)34(42)20-45-36(54)12-16-66-15-2-3-30(52)21-49(22-31(53)17-27-4-8-32(9-5-27)68(43,62)63)13-14-50(24-39(58)59)23-37(55)47-29-6-10-33(11-7-29)69(44,64)65/h4-11,28,34-35,67H,2-3,12-25,42H2,1H3,(H,45,54)(H,46,61)(H,47,55)(H,48,60)(H,56,57)(H,58,59)(H2,43,62,63)(H2,44,64,65)/t28-,34-,35+/m1/s1. The van der Waals surface area contributed by atoms with Crippen molar-refractivity contribution in [2.24, 2.45) is 21.9 Å².